The summed E-state index contributed by atoms with van der Waals surface area (Å²) in [6.45, 7) is 1.18. The van der Waals surface area contributed by atoms with E-state index in [0.29, 0.717) is 18.8 Å². The van der Waals surface area contributed by atoms with Crippen molar-refractivity contribution in [1.29, 1.82) is 0 Å². The maximum absolute atomic E-state index is 10.8. The Morgan fingerprint density at radius 1 is 1.38 bits per heavy atom. The number of aromatic nitrogens is 2. The molecule has 0 bridgehead atoms. The molecule has 114 valence electrons. The Bertz CT molecular complexity index is 650. The highest BCUT2D eigenvalue weighted by atomic mass is 16.4. The molecule has 0 aliphatic heterocycles. The van der Waals surface area contributed by atoms with E-state index in [1.807, 2.05) is 37.2 Å². The maximum atomic E-state index is 10.8. The standard InChI is InChI=1S/C14H21N5O2/c1-17(2)13-16-11-9-10(15)5-6-12(11)19(13)8-4-7-18(3)14(20)21/h5-6,9H,4,7-8,15H2,1-3H3,(H,20,21). The highest BCUT2D eigenvalue weighted by Gasteiger charge is 2.13. The summed E-state index contributed by atoms with van der Waals surface area (Å²) in [4.78, 5) is 18.6. The third kappa shape index (κ3) is 3.18. The lowest BCUT2D eigenvalue weighted by atomic mass is 10.3. The molecule has 0 atom stereocenters. The summed E-state index contributed by atoms with van der Waals surface area (Å²) >= 11 is 0. The monoisotopic (exact) mass is 291 g/mol. The van der Waals surface area contributed by atoms with Crippen molar-refractivity contribution in [2.75, 3.05) is 38.3 Å². The summed E-state index contributed by atoms with van der Waals surface area (Å²) in [6.07, 6.45) is -0.189. The minimum atomic E-state index is -0.911. The molecule has 2 aromatic rings. The van der Waals surface area contributed by atoms with Gasteiger partial charge in [0, 0.05) is 39.9 Å². The molecule has 21 heavy (non-hydrogen) atoms. The van der Waals surface area contributed by atoms with E-state index in [4.69, 9.17) is 10.8 Å². The quantitative estimate of drug-likeness (QED) is 0.818. The average Bonchev–Trinajstić information content (AvgIpc) is 2.76. The molecule has 0 radical (unpaired) electrons. The number of anilines is 2. The van der Waals surface area contributed by atoms with Crippen LogP contribution in [0.1, 0.15) is 6.42 Å². The first-order valence-corrected chi connectivity index (χ1v) is 6.77. The van der Waals surface area contributed by atoms with Crippen LogP contribution in [0.4, 0.5) is 16.4 Å². The van der Waals surface area contributed by atoms with E-state index in [2.05, 4.69) is 9.55 Å². The summed E-state index contributed by atoms with van der Waals surface area (Å²) in [5.41, 5.74) is 8.34. The number of hydrogen-bond donors (Lipinski definition) is 2. The van der Waals surface area contributed by atoms with Crippen molar-refractivity contribution in [2.24, 2.45) is 0 Å². The van der Waals surface area contributed by atoms with Gasteiger partial charge < -0.3 is 25.2 Å². The van der Waals surface area contributed by atoms with Gasteiger partial charge in [-0.2, -0.15) is 0 Å². The molecule has 0 unspecified atom stereocenters. The molecule has 1 amide bonds. The van der Waals surface area contributed by atoms with Crippen molar-refractivity contribution in [3.8, 4) is 0 Å². The van der Waals surface area contributed by atoms with Crippen LogP contribution in [0.15, 0.2) is 18.2 Å². The van der Waals surface area contributed by atoms with Gasteiger partial charge in [-0.1, -0.05) is 0 Å². The third-order valence-electron chi connectivity index (χ3n) is 3.35. The van der Waals surface area contributed by atoms with Crippen LogP contribution in [0, 0.1) is 0 Å². The molecule has 3 N–H and O–H groups in total. The first-order valence-electron chi connectivity index (χ1n) is 6.77. The zero-order valence-electron chi connectivity index (χ0n) is 12.6. The molecule has 1 heterocycles. The molecule has 7 heteroatoms. The third-order valence-corrected chi connectivity index (χ3v) is 3.35. The van der Waals surface area contributed by atoms with Crippen LogP contribution in [0.5, 0.6) is 0 Å². The zero-order chi connectivity index (χ0) is 15.6. The number of hydrogen-bond acceptors (Lipinski definition) is 4. The second kappa shape index (κ2) is 5.90. The number of aryl methyl sites for hydroxylation is 1. The minimum absolute atomic E-state index is 0.483. The molecule has 0 aliphatic rings. The molecule has 2 rings (SSSR count). The molecule has 1 aromatic heterocycles. The molecule has 0 fully saturated rings. The van der Waals surface area contributed by atoms with Crippen molar-refractivity contribution < 1.29 is 9.90 Å². The predicted octanol–water partition coefficient (Wildman–Crippen LogP) is 1.68. The number of imidazole rings is 1. The smallest absolute Gasteiger partial charge is 0.407 e. The van der Waals surface area contributed by atoms with E-state index < -0.39 is 6.09 Å². The number of benzene rings is 1. The van der Waals surface area contributed by atoms with Gasteiger partial charge in [0.05, 0.1) is 11.0 Å². The van der Waals surface area contributed by atoms with Crippen LogP contribution in [0.2, 0.25) is 0 Å². The van der Waals surface area contributed by atoms with Gasteiger partial charge >= 0.3 is 6.09 Å². The molecule has 1 aromatic carbocycles. The highest BCUT2D eigenvalue weighted by molar-refractivity contribution is 5.82. The fourth-order valence-corrected chi connectivity index (χ4v) is 2.26. The Labute approximate surface area is 123 Å². The zero-order valence-corrected chi connectivity index (χ0v) is 12.6. The Balaban J connectivity index is 2.24. The fourth-order valence-electron chi connectivity index (χ4n) is 2.26. The minimum Gasteiger partial charge on any atom is -0.465 e. The van der Waals surface area contributed by atoms with Gasteiger partial charge in [0.1, 0.15) is 0 Å². The summed E-state index contributed by atoms with van der Waals surface area (Å²) in [6, 6.07) is 5.65. The molecule has 0 spiro atoms. The van der Waals surface area contributed by atoms with E-state index >= 15 is 0 Å². The van der Waals surface area contributed by atoms with Crippen molar-refractivity contribution in [1.82, 2.24) is 14.5 Å². The van der Waals surface area contributed by atoms with E-state index in [0.717, 1.165) is 23.4 Å². The number of carbonyl (C=O) groups is 1. The molecular formula is C14H21N5O2. The molecule has 0 saturated carbocycles. The van der Waals surface area contributed by atoms with Crippen molar-refractivity contribution in [2.45, 2.75) is 13.0 Å². The van der Waals surface area contributed by atoms with Gasteiger partial charge in [-0.25, -0.2) is 9.78 Å². The summed E-state index contributed by atoms with van der Waals surface area (Å²) in [7, 11) is 5.44. The summed E-state index contributed by atoms with van der Waals surface area (Å²) in [5, 5.41) is 8.87. The molecular weight excluding hydrogens is 270 g/mol. The Morgan fingerprint density at radius 3 is 2.71 bits per heavy atom. The number of nitrogens with two attached hydrogens (primary N) is 1. The fraction of sp³-hybridized carbons (Fsp3) is 0.429. The first kappa shape index (κ1) is 15.0. The molecule has 0 aliphatic carbocycles. The van der Waals surface area contributed by atoms with Crippen molar-refractivity contribution >= 4 is 28.8 Å². The van der Waals surface area contributed by atoms with E-state index in [1.165, 1.54) is 4.90 Å². The van der Waals surface area contributed by atoms with Crippen LogP contribution in [-0.2, 0) is 6.54 Å². The predicted molar refractivity (Wildman–Crippen MR) is 83.7 cm³/mol. The maximum Gasteiger partial charge on any atom is 0.407 e. The number of rotatable bonds is 5. The number of nitrogen functional groups attached to an aromatic ring is 1. The average molecular weight is 291 g/mol. The number of fused-ring (bicyclic) bond motifs is 1. The van der Waals surface area contributed by atoms with Gasteiger partial charge in [0.15, 0.2) is 0 Å². The summed E-state index contributed by atoms with van der Waals surface area (Å²) in [5.74, 6) is 0.841. The Hall–Kier alpha value is -2.44. The van der Waals surface area contributed by atoms with Crippen molar-refractivity contribution in [3.63, 3.8) is 0 Å². The Morgan fingerprint density at radius 2 is 2.10 bits per heavy atom. The topological polar surface area (TPSA) is 87.6 Å². The van der Waals surface area contributed by atoms with Crippen LogP contribution < -0.4 is 10.6 Å². The van der Waals surface area contributed by atoms with Crippen LogP contribution in [-0.4, -0.2) is 53.3 Å². The summed E-state index contributed by atoms with van der Waals surface area (Å²) < 4.78 is 2.09. The van der Waals surface area contributed by atoms with Gasteiger partial charge in [-0.3, -0.25) is 0 Å². The van der Waals surface area contributed by atoms with E-state index in [9.17, 15) is 4.79 Å². The second-order valence-corrected chi connectivity index (χ2v) is 5.26. The lowest BCUT2D eigenvalue weighted by Crippen LogP contribution is -2.26. The molecule has 0 saturated heterocycles. The van der Waals surface area contributed by atoms with Gasteiger partial charge in [0.25, 0.3) is 0 Å². The number of amides is 1. The lowest BCUT2D eigenvalue weighted by Gasteiger charge is -2.17. The second-order valence-electron chi connectivity index (χ2n) is 5.26. The van der Waals surface area contributed by atoms with Gasteiger partial charge in [-0.05, 0) is 24.6 Å². The first-order chi connectivity index (χ1) is 9.90. The number of nitrogens with zero attached hydrogens (tertiary/aromatic N) is 4. The number of carboxylic acid groups (broad SMARTS) is 1. The van der Waals surface area contributed by atoms with Gasteiger partial charge in [-0.15, -0.1) is 0 Å². The normalized spacial score (nSPS) is 10.8. The molecule has 7 nitrogen and oxygen atoms in total. The van der Waals surface area contributed by atoms with Crippen LogP contribution in [0.3, 0.4) is 0 Å². The van der Waals surface area contributed by atoms with E-state index in [1.54, 1.807) is 7.05 Å². The Kier molecular flexibility index (Phi) is 4.21. The largest absolute Gasteiger partial charge is 0.465 e. The van der Waals surface area contributed by atoms with Crippen LogP contribution in [0.25, 0.3) is 11.0 Å². The van der Waals surface area contributed by atoms with Crippen LogP contribution >= 0.6 is 0 Å². The van der Waals surface area contributed by atoms with E-state index in [-0.39, 0.29) is 0 Å². The highest BCUT2D eigenvalue weighted by Crippen LogP contribution is 2.23. The lowest BCUT2D eigenvalue weighted by molar-refractivity contribution is 0.155. The van der Waals surface area contributed by atoms with Gasteiger partial charge in [0.2, 0.25) is 5.95 Å². The van der Waals surface area contributed by atoms with Crippen molar-refractivity contribution in [3.05, 3.63) is 18.2 Å². The SMILES string of the molecule is CN(CCCn1c(N(C)C)nc2cc(N)ccc21)C(=O)O.